The van der Waals surface area contributed by atoms with Gasteiger partial charge < -0.3 is 14.3 Å². The van der Waals surface area contributed by atoms with Gasteiger partial charge in [-0.3, -0.25) is 9.59 Å². The Balaban J connectivity index is 1.96. The first-order valence-corrected chi connectivity index (χ1v) is 12.2. The monoisotopic (exact) mass is 486 g/mol. The third-order valence-electron chi connectivity index (χ3n) is 6.94. The first-order chi connectivity index (χ1) is 17.2. The molecule has 0 spiro atoms. The highest BCUT2D eigenvalue weighted by atomic mass is 16.5. The zero-order valence-electron chi connectivity index (χ0n) is 21.2. The third-order valence-corrected chi connectivity index (χ3v) is 6.94. The number of benzene rings is 2. The van der Waals surface area contributed by atoms with Gasteiger partial charge in [-0.2, -0.15) is 0 Å². The van der Waals surface area contributed by atoms with Crippen LogP contribution in [0, 0.1) is 0 Å². The maximum Gasteiger partial charge on any atom is 0.336 e. The van der Waals surface area contributed by atoms with E-state index in [4.69, 9.17) is 9.15 Å². The molecule has 0 amide bonds. The van der Waals surface area contributed by atoms with Gasteiger partial charge in [-0.15, -0.1) is 0 Å². The molecule has 3 aromatic rings. The molecule has 6 nitrogen and oxygen atoms in total. The smallest absolute Gasteiger partial charge is 0.336 e. The van der Waals surface area contributed by atoms with Crippen LogP contribution in [0.3, 0.4) is 0 Å². The van der Waals surface area contributed by atoms with Gasteiger partial charge in [0.2, 0.25) is 0 Å². The van der Waals surface area contributed by atoms with Crippen LogP contribution in [0.25, 0.3) is 27.9 Å². The lowest BCUT2D eigenvalue weighted by Crippen LogP contribution is -2.41. The summed E-state index contributed by atoms with van der Waals surface area (Å²) in [6.45, 7) is 9.19. The van der Waals surface area contributed by atoms with Gasteiger partial charge in [-0.25, -0.2) is 4.79 Å². The molecule has 1 heterocycles. The van der Waals surface area contributed by atoms with Gasteiger partial charge in [0.15, 0.2) is 11.2 Å². The number of ketones is 1. The fraction of sp³-hybridized carbons (Fsp3) is 0.300. The first-order valence-electron chi connectivity index (χ1n) is 12.2. The number of Topliss-reactive ketones (excluding diaryl/α,β-unsaturated/α-hetero) is 1. The Hall–Kier alpha value is -3.93. The topological polar surface area (TPSA) is 93.8 Å². The fourth-order valence-corrected chi connectivity index (χ4v) is 5.01. The molecule has 0 atom stereocenters. The highest BCUT2D eigenvalue weighted by Gasteiger charge is 2.48. The van der Waals surface area contributed by atoms with Crippen molar-refractivity contribution in [1.82, 2.24) is 0 Å². The highest BCUT2D eigenvalue weighted by Crippen LogP contribution is 2.45. The molecule has 0 radical (unpaired) electrons. The third kappa shape index (κ3) is 3.96. The number of rotatable bonds is 6. The van der Waals surface area contributed by atoms with Gasteiger partial charge in [0.1, 0.15) is 28.6 Å². The number of esters is 1. The van der Waals surface area contributed by atoms with Crippen molar-refractivity contribution in [2.75, 3.05) is 0 Å². The summed E-state index contributed by atoms with van der Waals surface area (Å²) in [7, 11) is 0. The van der Waals surface area contributed by atoms with Gasteiger partial charge in [0, 0.05) is 28.7 Å². The van der Waals surface area contributed by atoms with Crippen molar-refractivity contribution >= 4 is 28.3 Å². The second-order valence-electron chi connectivity index (χ2n) is 9.28. The molecule has 1 aliphatic carbocycles. The number of ether oxygens (including phenoxy) is 1. The van der Waals surface area contributed by atoms with E-state index in [9.17, 15) is 19.5 Å². The summed E-state index contributed by atoms with van der Waals surface area (Å²) in [6, 6.07) is 12.1. The number of aliphatic hydroxyl groups is 1. The molecular weight excluding hydrogens is 456 g/mol. The number of hydrogen-bond acceptors (Lipinski definition) is 6. The van der Waals surface area contributed by atoms with Crippen LogP contribution in [0.5, 0.6) is 5.75 Å². The molecule has 4 rings (SSSR count). The largest absolute Gasteiger partial charge is 0.507 e. The minimum atomic E-state index is -1.03. The maximum absolute atomic E-state index is 13.5. The minimum absolute atomic E-state index is 0.0653. The second kappa shape index (κ2) is 9.61. The van der Waals surface area contributed by atoms with E-state index in [0.29, 0.717) is 36.0 Å². The molecule has 1 N–H and O–H groups in total. The Morgan fingerprint density at radius 2 is 1.69 bits per heavy atom. The summed E-state index contributed by atoms with van der Waals surface area (Å²) in [5.41, 5.74) is 0.333. The van der Waals surface area contributed by atoms with Gasteiger partial charge in [0.05, 0.1) is 5.41 Å². The molecule has 36 heavy (non-hydrogen) atoms. The molecule has 1 aliphatic rings. The summed E-state index contributed by atoms with van der Waals surface area (Å²) >= 11 is 0. The molecule has 0 fully saturated rings. The molecule has 2 aromatic carbocycles. The van der Waals surface area contributed by atoms with E-state index >= 15 is 0 Å². The lowest BCUT2D eigenvalue weighted by Gasteiger charge is -2.35. The van der Waals surface area contributed by atoms with Crippen LogP contribution in [0.15, 0.2) is 68.9 Å². The van der Waals surface area contributed by atoms with Crippen molar-refractivity contribution < 1.29 is 23.8 Å². The highest BCUT2D eigenvalue weighted by molar-refractivity contribution is 6.10. The summed E-state index contributed by atoms with van der Waals surface area (Å²) in [6.07, 6.45) is 2.60. The molecular formula is C30H30O6. The number of hydrogen-bond donors (Lipinski definition) is 1. The van der Waals surface area contributed by atoms with E-state index in [1.165, 1.54) is 12.1 Å². The van der Waals surface area contributed by atoms with Crippen molar-refractivity contribution in [3.05, 3.63) is 81.2 Å². The number of fused-ring (bicyclic) bond motifs is 2. The molecule has 0 saturated carbocycles. The Labute approximate surface area is 209 Å². The lowest BCUT2D eigenvalue weighted by molar-refractivity contribution is -0.129. The second-order valence-corrected chi connectivity index (χ2v) is 9.28. The van der Waals surface area contributed by atoms with E-state index in [1.807, 2.05) is 52.0 Å². The predicted molar refractivity (Wildman–Crippen MR) is 140 cm³/mol. The molecule has 1 aromatic heterocycles. The Bertz CT molecular complexity index is 1490. The van der Waals surface area contributed by atoms with E-state index in [2.05, 4.69) is 0 Å². The van der Waals surface area contributed by atoms with E-state index in [1.54, 1.807) is 19.1 Å². The maximum atomic E-state index is 13.5. The van der Waals surface area contributed by atoms with Gasteiger partial charge >= 0.3 is 5.97 Å². The number of carbonyl (C=O) groups is 2. The predicted octanol–water partition coefficient (Wildman–Crippen LogP) is 6.65. The Kier molecular flexibility index (Phi) is 6.72. The van der Waals surface area contributed by atoms with Crippen LogP contribution < -0.4 is 10.2 Å². The minimum Gasteiger partial charge on any atom is -0.507 e. The molecule has 186 valence electrons. The zero-order chi connectivity index (χ0) is 26.2. The Morgan fingerprint density at radius 3 is 2.31 bits per heavy atom. The van der Waals surface area contributed by atoms with Gasteiger partial charge in [-0.05, 0) is 50.6 Å². The van der Waals surface area contributed by atoms with Gasteiger partial charge in [0.25, 0.3) is 0 Å². The van der Waals surface area contributed by atoms with Crippen molar-refractivity contribution in [3.63, 3.8) is 0 Å². The van der Waals surface area contributed by atoms with Crippen molar-refractivity contribution in [2.45, 2.75) is 59.3 Å². The quantitative estimate of drug-likeness (QED) is 0.238. The lowest BCUT2D eigenvalue weighted by atomic mass is 9.68. The average Bonchev–Trinajstić information content (AvgIpc) is 2.84. The summed E-state index contributed by atoms with van der Waals surface area (Å²) in [5, 5.41) is 12.3. The molecule has 6 heteroatoms. The van der Waals surface area contributed by atoms with Crippen molar-refractivity contribution in [3.8, 4) is 17.1 Å². The number of allylic oxidation sites excluding steroid dienone is 2. The summed E-state index contributed by atoms with van der Waals surface area (Å²) in [5.74, 6) is -0.0939. The van der Waals surface area contributed by atoms with E-state index in [0.717, 1.165) is 11.0 Å². The molecule has 0 unspecified atom stereocenters. The molecule has 0 bridgehead atoms. The fourth-order valence-electron chi connectivity index (χ4n) is 5.01. The molecule has 0 aliphatic heterocycles. The average molecular weight is 487 g/mol. The van der Waals surface area contributed by atoms with Crippen LogP contribution in [0.1, 0.15) is 65.2 Å². The van der Waals surface area contributed by atoms with Crippen molar-refractivity contribution in [2.24, 2.45) is 0 Å². The van der Waals surface area contributed by atoms with Crippen molar-refractivity contribution in [1.29, 1.82) is 0 Å². The standard InChI is InChI=1S/C30H30O6/c1-6-18-27(33)26-22(31)16-24(36-29(26)30(7-2,8-3)28(18)34)21-13-14-23(35-25(32)15-17(4)5)20-12-10-9-11-19(20)21/h9-16,33H,6-8H2,1-5H3. The van der Waals surface area contributed by atoms with Crippen LogP contribution in [-0.4, -0.2) is 16.9 Å². The van der Waals surface area contributed by atoms with E-state index in [-0.39, 0.29) is 34.2 Å². The summed E-state index contributed by atoms with van der Waals surface area (Å²) < 4.78 is 11.9. The summed E-state index contributed by atoms with van der Waals surface area (Å²) in [4.78, 5) is 39.1. The van der Waals surface area contributed by atoms with Crippen LogP contribution >= 0.6 is 0 Å². The molecule has 0 saturated heterocycles. The number of carbonyl (C=O) groups excluding carboxylic acids is 2. The first kappa shape index (κ1) is 25.2. The number of aliphatic hydroxyl groups excluding tert-OH is 1. The van der Waals surface area contributed by atoms with Crippen LogP contribution in [0.4, 0.5) is 0 Å². The van der Waals surface area contributed by atoms with Crippen LogP contribution in [-0.2, 0) is 15.0 Å². The van der Waals surface area contributed by atoms with Crippen LogP contribution in [0.2, 0.25) is 0 Å². The Morgan fingerprint density at radius 1 is 1.03 bits per heavy atom. The normalized spacial score (nSPS) is 14.5. The SMILES string of the molecule is CCC1=C(O)c2c(oc(-c3ccc(OC(=O)C=C(C)C)c4ccccc34)cc2=O)C(CC)(CC)C1=O. The van der Waals surface area contributed by atoms with Gasteiger partial charge in [-0.1, -0.05) is 50.6 Å². The zero-order valence-corrected chi connectivity index (χ0v) is 21.2. The van der Waals surface area contributed by atoms with E-state index < -0.39 is 16.8 Å².